The molecule has 5 nitrogen and oxygen atoms in total. The van der Waals surface area contributed by atoms with Crippen LogP contribution in [0.3, 0.4) is 0 Å². The average molecular weight is 342 g/mol. The van der Waals surface area contributed by atoms with Gasteiger partial charge in [-0.05, 0) is 30.5 Å². The Hall–Kier alpha value is -3.47. The lowest BCUT2D eigenvalue weighted by Gasteiger charge is -2.25. The van der Waals surface area contributed by atoms with Gasteiger partial charge in [-0.3, -0.25) is 4.79 Å². The molecule has 0 aliphatic heterocycles. The van der Waals surface area contributed by atoms with Gasteiger partial charge in [0.25, 0.3) is 5.91 Å². The second-order valence-electron chi connectivity index (χ2n) is 6.01. The van der Waals surface area contributed by atoms with Gasteiger partial charge < -0.3 is 10.6 Å². The molecule has 0 radical (unpaired) electrons. The monoisotopic (exact) mass is 342 g/mol. The van der Waals surface area contributed by atoms with E-state index in [0.29, 0.717) is 11.1 Å². The maximum atomic E-state index is 11.8. The fourth-order valence-electron chi connectivity index (χ4n) is 3.37. The summed E-state index contributed by atoms with van der Waals surface area (Å²) in [6.07, 6.45) is 1.48. The van der Waals surface area contributed by atoms with Gasteiger partial charge in [0.15, 0.2) is 0 Å². The summed E-state index contributed by atoms with van der Waals surface area (Å²) in [5.41, 5.74) is 7.55. The fraction of sp³-hybridized carbons (Fsp3) is 0.0952. The first kappa shape index (κ1) is 16.0. The molecule has 0 aliphatic carbocycles. The number of hydrogen-bond donors (Lipinski definition) is 1. The number of para-hydroxylation sites is 1. The lowest BCUT2D eigenvalue weighted by Crippen LogP contribution is -2.19. The summed E-state index contributed by atoms with van der Waals surface area (Å²) in [4.78, 5) is 22.7. The highest BCUT2D eigenvalue weighted by Crippen LogP contribution is 2.34. The number of fused-ring (bicyclic) bond motifs is 2. The third kappa shape index (κ3) is 2.54. The second kappa shape index (κ2) is 6.44. The molecule has 3 aromatic carbocycles. The van der Waals surface area contributed by atoms with Crippen LogP contribution in [0.2, 0.25) is 0 Å². The Morgan fingerprint density at radius 2 is 1.69 bits per heavy atom. The third-order valence-corrected chi connectivity index (χ3v) is 4.54. The van der Waals surface area contributed by atoms with E-state index in [1.54, 1.807) is 6.07 Å². The van der Waals surface area contributed by atoms with Crippen LogP contribution in [0.4, 0.5) is 11.5 Å². The van der Waals surface area contributed by atoms with Gasteiger partial charge in [0.2, 0.25) is 0 Å². The number of carbonyl (C=O) groups excluding carboxylic acids is 1. The Bertz CT molecular complexity index is 1120. The van der Waals surface area contributed by atoms with E-state index in [1.807, 2.05) is 30.3 Å². The quantitative estimate of drug-likeness (QED) is 0.607. The highest BCUT2D eigenvalue weighted by Gasteiger charge is 2.17. The van der Waals surface area contributed by atoms with Crippen molar-refractivity contribution < 1.29 is 4.79 Å². The molecule has 4 aromatic rings. The van der Waals surface area contributed by atoms with Gasteiger partial charge in [0.05, 0.1) is 16.8 Å². The first-order valence-corrected chi connectivity index (χ1v) is 8.49. The first-order chi connectivity index (χ1) is 12.7. The molecule has 0 atom stereocenters. The van der Waals surface area contributed by atoms with Crippen molar-refractivity contribution in [2.75, 3.05) is 11.4 Å². The van der Waals surface area contributed by atoms with Gasteiger partial charge in [0, 0.05) is 17.3 Å². The number of anilines is 2. The SMILES string of the molecule is CCN(c1cccc2ccccc12)c1ncnc2c(C(N)=O)cccc12. The number of primary amides is 1. The van der Waals surface area contributed by atoms with Gasteiger partial charge in [-0.25, -0.2) is 9.97 Å². The number of carbonyl (C=O) groups is 1. The standard InChI is InChI=1S/C21H18N4O/c1-2-25(18-12-5-8-14-7-3-4-9-15(14)18)21-17-11-6-10-16(20(22)26)19(17)23-13-24-21/h3-13H,2H2,1H3,(H2,22,26). The maximum absolute atomic E-state index is 11.8. The topological polar surface area (TPSA) is 72.1 Å². The van der Waals surface area contributed by atoms with Gasteiger partial charge >= 0.3 is 0 Å². The summed E-state index contributed by atoms with van der Waals surface area (Å²) in [5, 5.41) is 3.12. The number of rotatable bonds is 4. The minimum atomic E-state index is -0.492. The molecule has 5 heteroatoms. The molecule has 0 spiro atoms. The van der Waals surface area contributed by atoms with Crippen LogP contribution < -0.4 is 10.6 Å². The molecule has 128 valence electrons. The zero-order valence-electron chi connectivity index (χ0n) is 14.4. The van der Waals surface area contributed by atoms with Crippen LogP contribution in [0.5, 0.6) is 0 Å². The summed E-state index contributed by atoms with van der Waals surface area (Å²) in [5.74, 6) is 0.269. The zero-order chi connectivity index (χ0) is 18.1. The fourth-order valence-corrected chi connectivity index (χ4v) is 3.37. The number of benzene rings is 3. The predicted octanol–water partition coefficient (Wildman–Crippen LogP) is 4.04. The van der Waals surface area contributed by atoms with E-state index in [1.165, 1.54) is 11.7 Å². The molecule has 0 saturated carbocycles. The molecule has 0 aliphatic rings. The molecule has 4 rings (SSSR count). The van der Waals surface area contributed by atoms with Gasteiger partial charge in [-0.2, -0.15) is 0 Å². The van der Waals surface area contributed by atoms with Crippen LogP contribution in [0.25, 0.3) is 21.7 Å². The number of hydrogen-bond acceptors (Lipinski definition) is 4. The van der Waals surface area contributed by atoms with Gasteiger partial charge in [-0.15, -0.1) is 0 Å². The Kier molecular flexibility index (Phi) is 3.97. The summed E-state index contributed by atoms with van der Waals surface area (Å²) >= 11 is 0. The van der Waals surface area contributed by atoms with E-state index in [-0.39, 0.29) is 0 Å². The molecular weight excluding hydrogens is 324 g/mol. The molecule has 0 unspecified atom stereocenters. The number of amides is 1. The highest BCUT2D eigenvalue weighted by molar-refractivity contribution is 6.08. The van der Waals surface area contributed by atoms with Crippen LogP contribution in [-0.4, -0.2) is 22.4 Å². The number of nitrogens with zero attached hydrogens (tertiary/aromatic N) is 3. The Morgan fingerprint density at radius 3 is 2.50 bits per heavy atom. The highest BCUT2D eigenvalue weighted by atomic mass is 16.1. The van der Waals surface area contributed by atoms with E-state index in [0.717, 1.165) is 28.8 Å². The minimum absolute atomic E-state index is 0.403. The molecule has 2 N–H and O–H groups in total. The Balaban J connectivity index is 1.98. The Morgan fingerprint density at radius 1 is 0.962 bits per heavy atom. The van der Waals surface area contributed by atoms with E-state index in [4.69, 9.17) is 5.73 Å². The molecule has 1 heterocycles. The summed E-state index contributed by atoms with van der Waals surface area (Å²) in [6.45, 7) is 2.80. The van der Waals surface area contributed by atoms with Crippen molar-refractivity contribution in [3.05, 3.63) is 72.6 Å². The normalized spacial score (nSPS) is 11.0. The number of nitrogens with two attached hydrogens (primary N) is 1. The van der Waals surface area contributed by atoms with Gasteiger partial charge in [-0.1, -0.05) is 42.5 Å². The van der Waals surface area contributed by atoms with Crippen LogP contribution in [0, 0.1) is 0 Å². The molecule has 0 fully saturated rings. The van der Waals surface area contributed by atoms with Gasteiger partial charge in [0.1, 0.15) is 12.1 Å². The second-order valence-corrected chi connectivity index (χ2v) is 6.01. The summed E-state index contributed by atoms with van der Waals surface area (Å²) < 4.78 is 0. The van der Waals surface area contributed by atoms with Crippen molar-refractivity contribution in [3.63, 3.8) is 0 Å². The smallest absolute Gasteiger partial charge is 0.250 e. The minimum Gasteiger partial charge on any atom is -0.366 e. The van der Waals surface area contributed by atoms with Crippen LogP contribution in [0.1, 0.15) is 17.3 Å². The van der Waals surface area contributed by atoms with Crippen LogP contribution >= 0.6 is 0 Å². The van der Waals surface area contributed by atoms with E-state index >= 15 is 0 Å². The van der Waals surface area contributed by atoms with Crippen LogP contribution in [0.15, 0.2) is 67.0 Å². The van der Waals surface area contributed by atoms with Crippen molar-refractivity contribution in [2.24, 2.45) is 5.73 Å². The molecule has 0 bridgehead atoms. The third-order valence-electron chi connectivity index (χ3n) is 4.54. The average Bonchev–Trinajstić information content (AvgIpc) is 2.68. The summed E-state index contributed by atoms with van der Waals surface area (Å²) in [7, 11) is 0. The summed E-state index contributed by atoms with van der Waals surface area (Å²) in [6, 6.07) is 19.9. The van der Waals surface area contributed by atoms with E-state index < -0.39 is 5.91 Å². The van der Waals surface area contributed by atoms with Crippen molar-refractivity contribution in [2.45, 2.75) is 6.92 Å². The first-order valence-electron chi connectivity index (χ1n) is 8.49. The molecule has 1 aromatic heterocycles. The molecule has 26 heavy (non-hydrogen) atoms. The Labute approximate surface area is 151 Å². The van der Waals surface area contributed by atoms with Crippen molar-refractivity contribution in [1.29, 1.82) is 0 Å². The predicted molar refractivity (Wildman–Crippen MR) is 105 cm³/mol. The lowest BCUT2D eigenvalue weighted by atomic mass is 10.1. The lowest BCUT2D eigenvalue weighted by molar-refractivity contribution is 0.100. The van der Waals surface area contributed by atoms with Crippen LogP contribution in [-0.2, 0) is 0 Å². The molecular formula is C21H18N4O. The maximum Gasteiger partial charge on any atom is 0.250 e. The largest absolute Gasteiger partial charge is 0.366 e. The molecule has 0 saturated heterocycles. The van der Waals surface area contributed by atoms with Crippen molar-refractivity contribution in [1.82, 2.24) is 9.97 Å². The molecule has 1 amide bonds. The van der Waals surface area contributed by atoms with E-state index in [2.05, 4.69) is 46.1 Å². The van der Waals surface area contributed by atoms with E-state index in [9.17, 15) is 4.79 Å². The zero-order valence-corrected chi connectivity index (χ0v) is 14.4. The number of aromatic nitrogens is 2. The van der Waals surface area contributed by atoms with Crippen molar-refractivity contribution >= 4 is 39.1 Å². The van der Waals surface area contributed by atoms with Crippen molar-refractivity contribution in [3.8, 4) is 0 Å².